The van der Waals surface area contributed by atoms with Gasteiger partial charge in [-0.05, 0) is 45.7 Å². The maximum Gasteiger partial charge on any atom is 0.410 e. The van der Waals surface area contributed by atoms with Crippen molar-refractivity contribution in [3.05, 3.63) is 30.3 Å². The molecule has 1 unspecified atom stereocenters. The molecule has 1 amide bonds. The van der Waals surface area contributed by atoms with Crippen molar-refractivity contribution >= 4 is 11.8 Å². The Morgan fingerprint density at radius 3 is 2.65 bits per heavy atom. The summed E-state index contributed by atoms with van der Waals surface area (Å²) in [6, 6.07) is 10.4. The maximum atomic E-state index is 12.1. The van der Waals surface area contributed by atoms with E-state index in [0.29, 0.717) is 12.6 Å². The number of rotatable bonds is 2. The molecule has 4 heteroatoms. The summed E-state index contributed by atoms with van der Waals surface area (Å²) >= 11 is 0. The Hall–Kier alpha value is -1.71. The van der Waals surface area contributed by atoms with E-state index in [1.165, 1.54) is 0 Å². The molecule has 1 saturated heterocycles. The second-order valence-corrected chi connectivity index (χ2v) is 6.28. The molecule has 1 heterocycles. The highest BCUT2D eigenvalue weighted by atomic mass is 16.6. The molecule has 1 aliphatic heterocycles. The minimum atomic E-state index is -0.434. The Morgan fingerprint density at radius 2 is 2.00 bits per heavy atom. The molecule has 20 heavy (non-hydrogen) atoms. The first-order chi connectivity index (χ1) is 9.44. The van der Waals surface area contributed by atoms with Crippen molar-refractivity contribution in [3.8, 4) is 0 Å². The highest BCUT2D eigenvalue weighted by molar-refractivity contribution is 5.68. The van der Waals surface area contributed by atoms with E-state index in [4.69, 9.17) is 4.74 Å². The largest absolute Gasteiger partial charge is 0.444 e. The molecule has 1 aromatic carbocycles. The van der Waals surface area contributed by atoms with Gasteiger partial charge < -0.3 is 15.0 Å². The van der Waals surface area contributed by atoms with Crippen molar-refractivity contribution in [2.45, 2.75) is 45.3 Å². The quantitative estimate of drug-likeness (QED) is 0.899. The number of hydrogen-bond donors (Lipinski definition) is 1. The Balaban J connectivity index is 1.90. The maximum absolute atomic E-state index is 12.1. The van der Waals surface area contributed by atoms with Gasteiger partial charge in [-0.3, -0.25) is 0 Å². The molecule has 0 saturated carbocycles. The predicted octanol–water partition coefficient (Wildman–Crippen LogP) is 3.50. The number of carbonyl (C=O) groups excluding carboxylic acids is 1. The van der Waals surface area contributed by atoms with E-state index in [1.807, 2.05) is 51.1 Å². The molecule has 4 nitrogen and oxygen atoms in total. The summed E-state index contributed by atoms with van der Waals surface area (Å²) in [6.07, 6.45) is 1.87. The SMILES string of the molecule is CC(C)(C)OC(=O)N1CCCC(Nc2ccccc2)C1. The fourth-order valence-corrected chi connectivity index (χ4v) is 2.36. The fraction of sp³-hybridized carbons (Fsp3) is 0.562. The van der Waals surface area contributed by atoms with Gasteiger partial charge >= 0.3 is 6.09 Å². The lowest BCUT2D eigenvalue weighted by Crippen LogP contribution is -2.46. The molecular weight excluding hydrogens is 252 g/mol. The average molecular weight is 276 g/mol. The van der Waals surface area contributed by atoms with Gasteiger partial charge in [-0.1, -0.05) is 18.2 Å². The topological polar surface area (TPSA) is 41.6 Å². The highest BCUT2D eigenvalue weighted by Crippen LogP contribution is 2.18. The number of piperidine rings is 1. The Kier molecular flexibility index (Phi) is 4.53. The number of nitrogens with zero attached hydrogens (tertiary/aromatic N) is 1. The molecule has 1 N–H and O–H groups in total. The molecule has 2 rings (SSSR count). The van der Waals surface area contributed by atoms with Crippen molar-refractivity contribution < 1.29 is 9.53 Å². The van der Waals surface area contributed by atoms with E-state index in [-0.39, 0.29) is 6.09 Å². The molecular formula is C16H24N2O2. The first-order valence-corrected chi connectivity index (χ1v) is 7.23. The fourth-order valence-electron chi connectivity index (χ4n) is 2.36. The Bertz CT molecular complexity index is 440. The molecule has 1 aliphatic rings. The lowest BCUT2D eigenvalue weighted by molar-refractivity contribution is 0.0206. The molecule has 0 bridgehead atoms. The number of nitrogens with one attached hydrogen (secondary N) is 1. The smallest absolute Gasteiger partial charge is 0.410 e. The van der Waals surface area contributed by atoms with Crippen LogP contribution >= 0.6 is 0 Å². The first kappa shape index (κ1) is 14.7. The third-order valence-electron chi connectivity index (χ3n) is 3.22. The van der Waals surface area contributed by atoms with Crippen molar-refractivity contribution in [2.24, 2.45) is 0 Å². The number of hydrogen-bond acceptors (Lipinski definition) is 3. The number of carbonyl (C=O) groups is 1. The lowest BCUT2D eigenvalue weighted by Gasteiger charge is -2.34. The van der Waals surface area contributed by atoms with Gasteiger partial charge in [0.1, 0.15) is 5.60 Å². The van der Waals surface area contributed by atoms with Gasteiger partial charge in [0.15, 0.2) is 0 Å². The molecule has 0 radical (unpaired) electrons. The van der Waals surface area contributed by atoms with Crippen LogP contribution < -0.4 is 5.32 Å². The Labute approximate surface area is 121 Å². The summed E-state index contributed by atoms with van der Waals surface area (Å²) in [7, 11) is 0. The van der Waals surface area contributed by atoms with Gasteiger partial charge in [0.2, 0.25) is 0 Å². The standard InChI is InChI=1S/C16H24N2O2/c1-16(2,3)20-15(19)18-11-7-10-14(12-18)17-13-8-5-4-6-9-13/h4-6,8-9,14,17H,7,10-12H2,1-3H3. The third-order valence-corrected chi connectivity index (χ3v) is 3.22. The van der Waals surface area contributed by atoms with Crippen LogP contribution in [0.4, 0.5) is 10.5 Å². The zero-order chi connectivity index (χ0) is 14.6. The van der Waals surface area contributed by atoms with Gasteiger partial charge in [0.05, 0.1) is 0 Å². The minimum absolute atomic E-state index is 0.211. The average Bonchev–Trinajstić information content (AvgIpc) is 2.38. The summed E-state index contributed by atoms with van der Waals surface area (Å²) in [5.41, 5.74) is 0.667. The lowest BCUT2D eigenvalue weighted by atomic mass is 10.1. The van der Waals surface area contributed by atoms with Crippen LogP contribution in [0.5, 0.6) is 0 Å². The minimum Gasteiger partial charge on any atom is -0.444 e. The molecule has 0 aromatic heterocycles. The Morgan fingerprint density at radius 1 is 1.30 bits per heavy atom. The van der Waals surface area contributed by atoms with Crippen molar-refractivity contribution in [1.29, 1.82) is 0 Å². The van der Waals surface area contributed by atoms with Crippen LogP contribution in [0, 0.1) is 0 Å². The van der Waals surface area contributed by atoms with Gasteiger partial charge in [-0.2, -0.15) is 0 Å². The number of anilines is 1. The summed E-state index contributed by atoms with van der Waals surface area (Å²) in [6.45, 7) is 7.17. The zero-order valence-corrected chi connectivity index (χ0v) is 12.6. The van der Waals surface area contributed by atoms with Gasteiger partial charge in [0.25, 0.3) is 0 Å². The van der Waals surface area contributed by atoms with Crippen LogP contribution in [0.15, 0.2) is 30.3 Å². The molecule has 1 fully saturated rings. The first-order valence-electron chi connectivity index (χ1n) is 7.23. The van der Waals surface area contributed by atoms with E-state index >= 15 is 0 Å². The van der Waals surface area contributed by atoms with E-state index in [9.17, 15) is 4.79 Å². The monoisotopic (exact) mass is 276 g/mol. The van der Waals surface area contributed by atoms with Gasteiger partial charge in [-0.15, -0.1) is 0 Å². The second kappa shape index (κ2) is 6.16. The number of benzene rings is 1. The number of likely N-dealkylation sites (tertiary alicyclic amines) is 1. The summed E-state index contributed by atoms with van der Waals surface area (Å²) in [4.78, 5) is 13.9. The predicted molar refractivity (Wildman–Crippen MR) is 80.9 cm³/mol. The van der Waals surface area contributed by atoms with E-state index in [2.05, 4.69) is 5.32 Å². The normalized spacial score (nSPS) is 19.6. The molecule has 0 aliphatic carbocycles. The van der Waals surface area contributed by atoms with Gasteiger partial charge in [-0.25, -0.2) is 4.79 Å². The zero-order valence-electron chi connectivity index (χ0n) is 12.6. The second-order valence-electron chi connectivity index (χ2n) is 6.28. The van der Waals surface area contributed by atoms with Crippen LogP contribution in [0.25, 0.3) is 0 Å². The molecule has 0 spiro atoms. The van der Waals surface area contributed by atoms with Gasteiger partial charge in [0, 0.05) is 24.8 Å². The van der Waals surface area contributed by atoms with Crippen LogP contribution in [0.1, 0.15) is 33.6 Å². The summed E-state index contributed by atoms with van der Waals surface area (Å²) < 4.78 is 5.43. The summed E-state index contributed by atoms with van der Waals surface area (Å²) in [5, 5.41) is 3.48. The van der Waals surface area contributed by atoms with Crippen molar-refractivity contribution in [1.82, 2.24) is 4.90 Å². The molecule has 110 valence electrons. The number of para-hydroxylation sites is 1. The summed E-state index contributed by atoms with van der Waals surface area (Å²) in [5.74, 6) is 0. The highest BCUT2D eigenvalue weighted by Gasteiger charge is 2.27. The number of ether oxygens (including phenoxy) is 1. The molecule has 1 atom stereocenters. The van der Waals surface area contributed by atoms with E-state index in [1.54, 1.807) is 4.90 Å². The van der Waals surface area contributed by atoms with E-state index < -0.39 is 5.60 Å². The van der Waals surface area contributed by atoms with Crippen LogP contribution in [0.3, 0.4) is 0 Å². The van der Waals surface area contributed by atoms with Crippen LogP contribution in [0.2, 0.25) is 0 Å². The van der Waals surface area contributed by atoms with Crippen molar-refractivity contribution in [2.75, 3.05) is 18.4 Å². The van der Waals surface area contributed by atoms with Crippen LogP contribution in [-0.4, -0.2) is 35.7 Å². The third kappa shape index (κ3) is 4.44. The molecule has 1 aromatic rings. The number of amides is 1. The van der Waals surface area contributed by atoms with Crippen molar-refractivity contribution in [3.63, 3.8) is 0 Å². The van der Waals surface area contributed by atoms with E-state index in [0.717, 1.165) is 25.1 Å². The van der Waals surface area contributed by atoms with Crippen LogP contribution in [-0.2, 0) is 4.74 Å².